The summed E-state index contributed by atoms with van der Waals surface area (Å²) in [6, 6.07) is 7.49. The number of rotatable bonds is 5. The number of aromatic nitrogens is 4. The minimum Gasteiger partial charge on any atom is -0.299 e. The van der Waals surface area contributed by atoms with Gasteiger partial charge in [-0.15, -0.1) is 0 Å². The van der Waals surface area contributed by atoms with Gasteiger partial charge in [-0.3, -0.25) is 9.36 Å². The lowest BCUT2D eigenvalue weighted by Crippen LogP contribution is -2.08. The van der Waals surface area contributed by atoms with Crippen LogP contribution in [-0.2, 0) is 17.6 Å². The van der Waals surface area contributed by atoms with Crippen LogP contribution in [-0.4, -0.2) is 25.3 Å². The van der Waals surface area contributed by atoms with E-state index in [0.717, 1.165) is 34.2 Å². The zero-order valence-corrected chi connectivity index (χ0v) is 15.2. The van der Waals surface area contributed by atoms with Crippen LogP contribution in [0.1, 0.15) is 28.3 Å². The molecule has 0 fully saturated rings. The first-order chi connectivity index (χ1) is 11.9. The molecule has 0 N–H and O–H groups in total. The summed E-state index contributed by atoms with van der Waals surface area (Å²) >= 11 is 5.87. The third-order valence-electron chi connectivity index (χ3n) is 4.06. The monoisotopic (exact) mass is 354 g/mol. The number of aryl methyl sites for hydroxylation is 2. The van der Waals surface area contributed by atoms with Crippen molar-refractivity contribution >= 4 is 17.4 Å². The standard InChI is InChI=1S/C19H19ClN4O/c1-12-4-5-19(22-11-12)24-13(2)17(23-14(24)3)10-16(25)8-15-6-7-21-18(20)9-15/h4-7,9,11H,8,10H2,1-3H3. The minimum absolute atomic E-state index is 0.0897. The zero-order valence-electron chi connectivity index (χ0n) is 14.5. The first-order valence-electron chi connectivity index (χ1n) is 8.04. The van der Waals surface area contributed by atoms with Gasteiger partial charge in [0.15, 0.2) is 0 Å². The highest BCUT2D eigenvalue weighted by atomic mass is 35.5. The first-order valence-corrected chi connectivity index (χ1v) is 8.42. The third-order valence-corrected chi connectivity index (χ3v) is 4.26. The van der Waals surface area contributed by atoms with Crippen LogP contribution < -0.4 is 0 Å². The molecule has 0 aromatic carbocycles. The van der Waals surface area contributed by atoms with Crippen LogP contribution in [0.3, 0.4) is 0 Å². The van der Waals surface area contributed by atoms with Crippen LogP contribution in [0.4, 0.5) is 0 Å². The first kappa shape index (κ1) is 17.3. The van der Waals surface area contributed by atoms with Crippen LogP contribution in [0, 0.1) is 20.8 Å². The molecule has 0 spiro atoms. The highest BCUT2D eigenvalue weighted by Crippen LogP contribution is 2.18. The molecule has 0 amide bonds. The van der Waals surface area contributed by atoms with Gasteiger partial charge in [0.05, 0.1) is 12.1 Å². The summed E-state index contributed by atoms with van der Waals surface area (Å²) in [7, 11) is 0. The highest BCUT2D eigenvalue weighted by molar-refractivity contribution is 6.29. The van der Waals surface area contributed by atoms with Crippen molar-refractivity contribution in [3.8, 4) is 5.82 Å². The van der Waals surface area contributed by atoms with E-state index in [9.17, 15) is 4.79 Å². The van der Waals surface area contributed by atoms with E-state index in [4.69, 9.17) is 11.6 Å². The molecular weight excluding hydrogens is 336 g/mol. The molecule has 0 aliphatic heterocycles. The second-order valence-corrected chi connectivity index (χ2v) is 6.49. The molecule has 0 unspecified atom stereocenters. The number of nitrogens with zero attached hydrogens (tertiary/aromatic N) is 4. The van der Waals surface area contributed by atoms with E-state index < -0.39 is 0 Å². The molecular formula is C19H19ClN4O. The Hall–Kier alpha value is -2.53. The van der Waals surface area contributed by atoms with E-state index in [2.05, 4.69) is 15.0 Å². The van der Waals surface area contributed by atoms with Crippen LogP contribution in [0.15, 0.2) is 36.7 Å². The lowest BCUT2D eigenvalue weighted by molar-refractivity contribution is -0.117. The number of Topliss-reactive ketones (excluding diaryl/α,β-unsaturated/α-hetero) is 1. The Morgan fingerprint density at radius 3 is 2.60 bits per heavy atom. The maximum absolute atomic E-state index is 12.4. The van der Waals surface area contributed by atoms with E-state index in [0.29, 0.717) is 11.6 Å². The van der Waals surface area contributed by atoms with Crippen LogP contribution in [0.25, 0.3) is 5.82 Å². The molecule has 3 rings (SSSR count). The minimum atomic E-state index is 0.0897. The predicted molar refractivity (Wildman–Crippen MR) is 97.2 cm³/mol. The SMILES string of the molecule is Cc1ccc(-n2c(C)nc(CC(=O)Cc3ccnc(Cl)c3)c2C)nc1. The van der Waals surface area contributed by atoms with Gasteiger partial charge in [0, 0.05) is 24.5 Å². The van der Waals surface area contributed by atoms with Gasteiger partial charge >= 0.3 is 0 Å². The molecule has 0 bridgehead atoms. The Labute approximate surface area is 151 Å². The molecule has 0 radical (unpaired) electrons. The fraction of sp³-hybridized carbons (Fsp3) is 0.263. The van der Waals surface area contributed by atoms with Crippen molar-refractivity contribution in [1.82, 2.24) is 19.5 Å². The maximum atomic E-state index is 12.4. The Balaban J connectivity index is 1.80. The number of pyridine rings is 2. The van der Waals surface area contributed by atoms with Gasteiger partial charge in [-0.05, 0) is 50.1 Å². The quantitative estimate of drug-likeness (QED) is 0.657. The summed E-state index contributed by atoms with van der Waals surface area (Å²) in [5, 5.41) is 0.395. The average Bonchev–Trinajstić information content (AvgIpc) is 2.82. The molecule has 128 valence electrons. The second-order valence-electron chi connectivity index (χ2n) is 6.10. The van der Waals surface area contributed by atoms with Gasteiger partial charge in [-0.1, -0.05) is 17.7 Å². The molecule has 0 aliphatic carbocycles. The Morgan fingerprint density at radius 1 is 1.12 bits per heavy atom. The van der Waals surface area contributed by atoms with Gasteiger partial charge in [-0.2, -0.15) is 0 Å². The number of carbonyl (C=O) groups is 1. The third kappa shape index (κ3) is 3.94. The fourth-order valence-electron chi connectivity index (χ4n) is 2.82. The van der Waals surface area contributed by atoms with Gasteiger partial charge in [0.1, 0.15) is 22.6 Å². The van der Waals surface area contributed by atoms with E-state index in [1.807, 2.05) is 43.7 Å². The molecule has 5 nitrogen and oxygen atoms in total. The lowest BCUT2D eigenvalue weighted by Gasteiger charge is -2.07. The molecule has 3 aromatic rings. The van der Waals surface area contributed by atoms with Crippen molar-refractivity contribution in [3.05, 3.63) is 70.2 Å². The molecule has 0 aliphatic rings. The molecule has 0 saturated carbocycles. The van der Waals surface area contributed by atoms with Crippen molar-refractivity contribution in [3.63, 3.8) is 0 Å². The van der Waals surface area contributed by atoms with Gasteiger partial charge in [0.2, 0.25) is 0 Å². The van der Waals surface area contributed by atoms with Crippen molar-refractivity contribution in [2.75, 3.05) is 0 Å². The zero-order chi connectivity index (χ0) is 18.0. The summed E-state index contributed by atoms with van der Waals surface area (Å²) < 4.78 is 1.98. The van der Waals surface area contributed by atoms with Crippen LogP contribution in [0.2, 0.25) is 5.15 Å². The summed E-state index contributed by atoms with van der Waals surface area (Å²) in [6.07, 6.45) is 4.03. The number of imidazole rings is 1. The van der Waals surface area contributed by atoms with Crippen LogP contribution >= 0.6 is 11.6 Å². The predicted octanol–water partition coefficient (Wildman–Crippen LogP) is 3.60. The Bertz CT molecular complexity index is 916. The molecule has 0 atom stereocenters. The van der Waals surface area contributed by atoms with E-state index in [-0.39, 0.29) is 12.2 Å². The van der Waals surface area contributed by atoms with Gasteiger partial charge in [-0.25, -0.2) is 15.0 Å². The number of halogens is 1. The topological polar surface area (TPSA) is 60.7 Å². The second kappa shape index (κ2) is 7.15. The van der Waals surface area contributed by atoms with Gasteiger partial charge < -0.3 is 0 Å². The van der Waals surface area contributed by atoms with Crippen molar-refractivity contribution < 1.29 is 4.79 Å². The highest BCUT2D eigenvalue weighted by Gasteiger charge is 2.16. The summed E-state index contributed by atoms with van der Waals surface area (Å²) in [5.74, 6) is 1.73. The molecule has 0 saturated heterocycles. The average molecular weight is 355 g/mol. The molecule has 6 heteroatoms. The number of hydrogen-bond donors (Lipinski definition) is 0. The Morgan fingerprint density at radius 2 is 1.92 bits per heavy atom. The van der Waals surface area contributed by atoms with E-state index in [1.54, 1.807) is 18.3 Å². The number of hydrogen-bond acceptors (Lipinski definition) is 4. The lowest BCUT2D eigenvalue weighted by atomic mass is 10.1. The molecule has 25 heavy (non-hydrogen) atoms. The molecule has 3 heterocycles. The normalized spacial score (nSPS) is 10.9. The Kier molecular flexibility index (Phi) is 4.95. The van der Waals surface area contributed by atoms with Crippen molar-refractivity contribution in [2.45, 2.75) is 33.6 Å². The maximum Gasteiger partial charge on any atom is 0.143 e. The van der Waals surface area contributed by atoms with Crippen molar-refractivity contribution in [2.24, 2.45) is 0 Å². The largest absolute Gasteiger partial charge is 0.299 e. The summed E-state index contributed by atoms with van der Waals surface area (Å²) in [4.78, 5) is 25.4. The van der Waals surface area contributed by atoms with Crippen molar-refractivity contribution in [1.29, 1.82) is 0 Å². The van der Waals surface area contributed by atoms with Gasteiger partial charge in [0.25, 0.3) is 0 Å². The van der Waals surface area contributed by atoms with E-state index >= 15 is 0 Å². The van der Waals surface area contributed by atoms with E-state index in [1.165, 1.54) is 0 Å². The smallest absolute Gasteiger partial charge is 0.143 e. The number of ketones is 1. The summed E-state index contributed by atoms with van der Waals surface area (Å²) in [5.41, 5.74) is 3.68. The molecule has 3 aromatic heterocycles. The number of carbonyl (C=O) groups excluding carboxylic acids is 1. The fourth-order valence-corrected chi connectivity index (χ4v) is 3.02. The van der Waals surface area contributed by atoms with Crippen LogP contribution in [0.5, 0.6) is 0 Å². The summed E-state index contributed by atoms with van der Waals surface area (Å²) in [6.45, 7) is 5.89.